The first-order valence-electron chi connectivity index (χ1n) is 8.61. The third-order valence-electron chi connectivity index (χ3n) is 4.44. The molecule has 0 fully saturated rings. The minimum absolute atomic E-state index is 0.132. The van der Waals surface area contributed by atoms with Crippen molar-refractivity contribution in [3.8, 4) is 0 Å². The maximum absolute atomic E-state index is 14.3. The van der Waals surface area contributed by atoms with Gasteiger partial charge in [-0.2, -0.15) is 0 Å². The summed E-state index contributed by atoms with van der Waals surface area (Å²) in [6.45, 7) is 2.32. The van der Waals surface area contributed by atoms with Crippen LogP contribution in [0.4, 0.5) is 4.39 Å². The van der Waals surface area contributed by atoms with E-state index in [4.69, 9.17) is 0 Å². The zero-order valence-electron chi connectivity index (χ0n) is 14.7. The van der Waals surface area contributed by atoms with E-state index < -0.39 is 0 Å². The van der Waals surface area contributed by atoms with E-state index in [0.29, 0.717) is 12.1 Å². The van der Waals surface area contributed by atoms with Crippen LogP contribution in [0.5, 0.6) is 0 Å². The molecule has 1 atom stereocenters. The number of halogens is 1. The molecule has 1 N–H and O–H groups in total. The molecule has 26 heavy (non-hydrogen) atoms. The highest BCUT2D eigenvalue weighted by atomic mass is 19.1. The normalized spacial score (nSPS) is 11.8. The molecule has 2 aromatic carbocycles. The molecule has 1 aromatic heterocycles. The fourth-order valence-corrected chi connectivity index (χ4v) is 2.99. The lowest BCUT2D eigenvalue weighted by atomic mass is 9.88. The largest absolute Gasteiger partial charge is 0.350 e. The van der Waals surface area contributed by atoms with Crippen LogP contribution in [-0.4, -0.2) is 10.9 Å². The highest BCUT2D eigenvalue weighted by Gasteiger charge is 2.21. The molecule has 0 saturated heterocycles. The lowest BCUT2D eigenvalue weighted by Crippen LogP contribution is -2.26. The van der Waals surface area contributed by atoms with Gasteiger partial charge in [-0.3, -0.25) is 9.78 Å². The van der Waals surface area contributed by atoms with Crippen molar-refractivity contribution in [2.24, 2.45) is 0 Å². The Labute approximate surface area is 152 Å². The van der Waals surface area contributed by atoms with Gasteiger partial charge < -0.3 is 5.32 Å². The first kappa shape index (κ1) is 17.8. The Morgan fingerprint density at radius 2 is 1.77 bits per heavy atom. The molecule has 4 heteroatoms. The molecule has 132 valence electrons. The predicted molar refractivity (Wildman–Crippen MR) is 100 cm³/mol. The van der Waals surface area contributed by atoms with Crippen molar-refractivity contribution in [3.63, 3.8) is 0 Å². The summed E-state index contributed by atoms with van der Waals surface area (Å²) in [5, 5.41) is 2.91. The van der Waals surface area contributed by atoms with E-state index in [0.717, 1.165) is 16.8 Å². The van der Waals surface area contributed by atoms with E-state index in [1.807, 2.05) is 49.4 Å². The van der Waals surface area contributed by atoms with E-state index in [1.165, 1.54) is 6.07 Å². The number of nitrogens with zero attached hydrogens (tertiary/aromatic N) is 1. The maximum Gasteiger partial charge on any atom is 0.221 e. The Hall–Kier alpha value is -3.01. The van der Waals surface area contributed by atoms with Crippen molar-refractivity contribution >= 4 is 5.91 Å². The highest BCUT2D eigenvalue weighted by molar-refractivity contribution is 5.77. The number of carbonyl (C=O) groups is 1. The van der Waals surface area contributed by atoms with Crippen LogP contribution in [0.15, 0.2) is 72.9 Å². The smallest absolute Gasteiger partial charge is 0.221 e. The summed E-state index contributed by atoms with van der Waals surface area (Å²) < 4.78 is 14.3. The van der Waals surface area contributed by atoms with Crippen LogP contribution in [0.2, 0.25) is 0 Å². The molecule has 0 bridgehead atoms. The maximum atomic E-state index is 14.3. The van der Waals surface area contributed by atoms with Gasteiger partial charge in [0.05, 0.1) is 12.2 Å². The van der Waals surface area contributed by atoms with Crippen molar-refractivity contribution in [1.29, 1.82) is 0 Å². The fourth-order valence-electron chi connectivity index (χ4n) is 2.99. The number of carbonyl (C=O) groups excluding carboxylic acids is 1. The van der Waals surface area contributed by atoms with Gasteiger partial charge in [0.15, 0.2) is 0 Å². The summed E-state index contributed by atoms with van der Waals surface area (Å²) in [5.41, 5.74) is 3.31. The Morgan fingerprint density at radius 3 is 2.50 bits per heavy atom. The molecule has 0 saturated carbocycles. The van der Waals surface area contributed by atoms with E-state index in [2.05, 4.69) is 10.3 Å². The van der Waals surface area contributed by atoms with Crippen molar-refractivity contribution in [2.75, 3.05) is 0 Å². The van der Waals surface area contributed by atoms with Crippen molar-refractivity contribution in [3.05, 3.63) is 101 Å². The molecule has 1 heterocycles. The van der Waals surface area contributed by atoms with Crippen LogP contribution in [0.3, 0.4) is 0 Å². The summed E-state index contributed by atoms with van der Waals surface area (Å²) in [6, 6.07) is 20.0. The molecule has 1 amide bonds. The Balaban J connectivity index is 1.77. The van der Waals surface area contributed by atoms with Crippen molar-refractivity contribution in [2.45, 2.75) is 25.8 Å². The first-order valence-corrected chi connectivity index (χ1v) is 8.61. The second-order valence-electron chi connectivity index (χ2n) is 6.23. The van der Waals surface area contributed by atoms with E-state index >= 15 is 0 Å². The number of nitrogens with one attached hydrogen (secondary N) is 1. The molecular weight excluding hydrogens is 327 g/mol. The number of amides is 1. The topological polar surface area (TPSA) is 42.0 Å². The van der Waals surface area contributed by atoms with E-state index in [9.17, 15) is 9.18 Å². The zero-order chi connectivity index (χ0) is 18.4. The predicted octanol–water partition coefficient (Wildman–Crippen LogP) is 4.37. The summed E-state index contributed by atoms with van der Waals surface area (Å²) in [6.07, 6.45) is 1.89. The first-order chi connectivity index (χ1) is 12.6. The number of aryl methyl sites for hydroxylation is 1. The SMILES string of the molecule is Cc1cccnc1CNC(=O)CC(c1ccccc1)c1ccccc1F. The van der Waals surface area contributed by atoms with Gasteiger partial charge in [0.25, 0.3) is 0 Å². The summed E-state index contributed by atoms with van der Waals surface area (Å²) in [7, 11) is 0. The van der Waals surface area contributed by atoms with Crippen LogP contribution in [0.25, 0.3) is 0 Å². The molecule has 0 aliphatic rings. The quantitative estimate of drug-likeness (QED) is 0.719. The van der Waals surface area contributed by atoms with Crippen molar-refractivity contribution in [1.82, 2.24) is 10.3 Å². The minimum Gasteiger partial charge on any atom is -0.350 e. The van der Waals surface area contributed by atoms with E-state index in [-0.39, 0.29) is 24.1 Å². The fraction of sp³-hybridized carbons (Fsp3) is 0.182. The number of aromatic nitrogens is 1. The van der Waals surface area contributed by atoms with Gasteiger partial charge in [-0.15, -0.1) is 0 Å². The number of pyridine rings is 1. The number of benzene rings is 2. The number of hydrogen-bond donors (Lipinski definition) is 1. The summed E-state index contributed by atoms with van der Waals surface area (Å²) >= 11 is 0. The van der Waals surface area contributed by atoms with Crippen LogP contribution in [0.1, 0.15) is 34.7 Å². The summed E-state index contributed by atoms with van der Waals surface area (Å²) in [4.78, 5) is 16.8. The summed E-state index contributed by atoms with van der Waals surface area (Å²) in [5.74, 6) is -0.760. The van der Waals surface area contributed by atoms with Gasteiger partial charge >= 0.3 is 0 Å². The average molecular weight is 348 g/mol. The van der Waals surface area contributed by atoms with Crippen molar-refractivity contribution < 1.29 is 9.18 Å². The molecule has 3 nitrogen and oxygen atoms in total. The number of hydrogen-bond acceptors (Lipinski definition) is 2. The second kappa shape index (κ2) is 8.39. The molecule has 0 aliphatic heterocycles. The van der Waals surface area contributed by atoms with Gasteiger partial charge in [-0.05, 0) is 35.7 Å². The molecule has 3 rings (SSSR count). The van der Waals surface area contributed by atoms with Gasteiger partial charge in [-0.1, -0.05) is 54.6 Å². The Bertz CT molecular complexity index is 880. The molecule has 0 radical (unpaired) electrons. The average Bonchev–Trinajstić information content (AvgIpc) is 2.67. The second-order valence-corrected chi connectivity index (χ2v) is 6.23. The molecule has 0 aliphatic carbocycles. The minimum atomic E-state index is -0.331. The van der Waals surface area contributed by atoms with Crippen LogP contribution in [0, 0.1) is 12.7 Å². The van der Waals surface area contributed by atoms with Gasteiger partial charge in [0.1, 0.15) is 5.82 Å². The molecule has 1 unspecified atom stereocenters. The number of rotatable bonds is 6. The molecular formula is C22H21FN2O. The molecule has 0 spiro atoms. The zero-order valence-corrected chi connectivity index (χ0v) is 14.7. The Kier molecular flexibility index (Phi) is 5.74. The van der Waals surface area contributed by atoms with Crippen LogP contribution in [-0.2, 0) is 11.3 Å². The highest BCUT2D eigenvalue weighted by Crippen LogP contribution is 2.29. The molecule has 3 aromatic rings. The van der Waals surface area contributed by atoms with Crippen LogP contribution < -0.4 is 5.32 Å². The van der Waals surface area contributed by atoms with Gasteiger partial charge in [-0.25, -0.2) is 4.39 Å². The lowest BCUT2D eigenvalue weighted by molar-refractivity contribution is -0.121. The third kappa shape index (κ3) is 4.33. The van der Waals surface area contributed by atoms with Gasteiger partial charge in [0, 0.05) is 18.5 Å². The lowest BCUT2D eigenvalue weighted by Gasteiger charge is -2.18. The Morgan fingerprint density at radius 1 is 1.04 bits per heavy atom. The van der Waals surface area contributed by atoms with Crippen LogP contribution >= 0.6 is 0 Å². The van der Waals surface area contributed by atoms with Gasteiger partial charge in [0.2, 0.25) is 5.91 Å². The standard InChI is InChI=1S/C22H21FN2O/c1-16-8-7-13-24-21(16)15-25-22(26)14-19(17-9-3-2-4-10-17)18-11-5-6-12-20(18)23/h2-13,19H,14-15H2,1H3,(H,25,26). The third-order valence-corrected chi connectivity index (χ3v) is 4.44. The monoisotopic (exact) mass is 348 g/mol. The van der Waals surface area contributed by atoms with E-state index in [1.54, 1.807) is 24.4 Å².